The number of rotatable bonds is 5. The molecule has 2 amide bonds. The lowest BCUT2D eigenvalue weighted by molar-refractivity contribution is -0.135. The third-order valence-electron chi connectivity index (χ3n) is 5.27. The fraction of sp³-hybridized carbons (Fsp3) is 0.409. The number of nitrogens with one attached hydrogen (secondary N) is 1. The lowest BCUT2D eigenvalue weighted by atomic mass is 10.1. The highest BCUT2D eigenvalue weighted by molar-refractivity contribution is 6.04. The van der Waals surface area contributed by atoms with Crippen molar-refractivity contribution in [2.45, 2.75) is 27.2 Å². The van der Waals surface area contributed by atoms with Crippen LogP contribution >= 0.6 is 0 Å². The fourth-order valence-corrected chi connectivity index (χ4v) is 3.20. The van der Waals surface area contributed by atoms with Gasteiger partial charge in [0, 0.05) is 37.7 Å². The van der Waals surface area contributed by atoms with Gasteiger partial charge < -0.3 is 15.1 Å². The second-order valence-electron chi connectivity index (χ2n) is 7.35. The summed E-state index contributed by atoms with van der Waals surface area (Å²) in [6.45, 7) is 8.99. The molecule has 1 fully saturated rings. The highest BCUT2D eigenvalue weighted by Gasteiger charge is 2.24. The number of hydrogen-bond acceptors (Lipinski definition) is 4. The molecule has 148 valence electrons. The van der Waals surface area contributed by atoms with Crippen LogP contribution in [0.25, 0.3) is 0 Å². The van der Waals surface area contributed by atoms with Crippen LogP contribution in [-0.2, 0) is 4.79 Å². The molecule has 2 aromatic rings. The first kappa shape index (κ1) is 19.9. The highest BCUT2D eigenvalue weighted by atomic mass is 16.2. The number of hydrogen-bond donors (Lipinski definition) is 1. The van der Waals surface area contributed by atoms with Crippen molar-refractivity contribution in [3.63, 3.8) is 0 Å². The second-order valence-corrected chi connectivity index (χ2v) is 7.35. The van der Waals surface area contributed by atoms with Gasteiger partial charge in [0.15, 0.2) is 0 Å². The highest BCUT2D eigenvalue weighted by Crippen LogP contribution is 2.18. The number of anilines is 2. The van der Waals surface area contributed by atoms with Crippen molar-refractivity contribution in [3.05, 3.63) is 53.7 Å². The Bertz CT molecular complexity index is 809. The Labute approximate surface area is 166 Å². The molecular weight excluding hydrogens is 352 g/mol. The maximum Gasteiger partial charge on any atom is 0.255 e. The lowest BCUT2D eigenvalue weighted by Gasteiger charge is -2.36. The van der Waals surface area contributed by atoms with Crippen molar-refractivity contribution < 1.29 is 9.59 Å². The van der Waals surface area contributed by atoms with Crippen LogP contribution in [0, 0.1) is 12.8 Å². The molecule has 6 heteroatoms. The molecule has 1 atom stereocenters. The molecule has 28 heavy (non-hydrogen) atoms. The molecule has 0 spiro atoms. The molecular formula is C22H28N4O2. The Morgan fingerprint density at radius 1 is 1.07 bits per heavy atom. The summed E-state index contributed by atoms with van der Waals surface area (Å²) in [6, 6.07) is 11.2. The molecule has 1 aromatic heterocycles. The van der Waals surface area contributed by atoms with E-state index in [0.717, 1.165) is 44.0 Å². The molecule has 0 bridgehead atoms. The number of carbonyl (C=O) groups excluding carboxylic acids is 2. The minimum absolute atomic E-state index is 0.0844. The van der Waals surface area contributed by atoms with Gasteiger partial charge in [-0.05, 0) is 37.6 Å². The van der Waals surface area contributed by atoms with Gasteiger partial charge in [-0.1, -0.05) is 31.5 Å². The van der Waals surface area contributed by atoms with Crippen LogP contribution in [-0.4, -0.2) is 47.9 Å². The first-order valence-electron chi connectivity index (χ1n) is 9.85. The van der Waals surface area contributed by atoms with Crippen LogP contribution in [0.3, 0.4) is 0 Å². The summed E-state index contributed by atoms with van der Waals surface area (Å²) < 4.78 is 0. The second kappa shape index (κ2) is 8.87. The van der Waals surface area contributed by atoms with E-state index >= 15 is 0 Å². The lowest BCUT2D eigenvalue weighted by Crippen LogP contribution is -2.50. The summed E-state index contributed by atoms with van der Waals surface area (Å²) in [5.41, 5.74) is 2.41. The van der Waals surface area contributed by atoms with Gasteiger partial charge in [0.05, 0.1) is 11.9 Å². The van der Waals surface area contributed by atoms with E-state index in [1.54, 1.807) is 6.20 Å². The van der Waals surface area contributed by atoms with Crippen molar-refractivity contribution in [1.29, 1.82) is 0 Å². The van der Waals surface area contributed by atoms with Crippen LogP contribution in [0.2, 0.25) is 0 Å². The third kappa shape index (κ3) is 4.68. The van der Waals surface area contributed by atoms with Gasteiger partial charge in [-0.15, -0.1) is 0 Å². The van der Waals surface area contributed by atoms with Crippen LogP contribution < -0.4 is 10.2 Å². The molecule has 1 aliphatic heterocycles. The van der Waals surface area contributed by atoms with Crippen molar-refractivity contribution >= 4 is 23.3 Å². The molecule has 0 radical (unpaired) electrons. The van der Waals surface area contributed by atoms with Crippen LogP contribution in [0.1, 0.15) is 36.2 Å². The minimum Gasteiger partial charge on any atom is -0.353 e. The van der Waals surface area contributed by atoms with E-state index < -0.39 is 0 Å². The maximum atomic E-state index is 12.3. The van der Waals surface area contributed by atoms with Crippen molar-refractivity contribution in [2.24, 2.45) is 5.92 Å². The van der Waals surface area contributed by atoms with E-state index in [4.69, 9.17) is 0 Å². The standard InChI is InChI=1S/C22H28N4O2/c1-4-17(3)22(28)26-13-11-25(12-14-26)20-10-9-19(15-23-20)24-21(27)18-7-5-16(2)6-8-18/h5-10,15,17H,4,11-14H2,1-3H3,(H,24,27). The monoisotopic (exact) mass is 380 g/mol. The Morgan fingerprint density at radius 3 is 2.32 bits per heavy atom. The number of nitrogens with zero attached hydrogens (tertiary/aromatic N) is 3. The molecule has 0 aliphatic carbocycles. The fourth-order valence-electron chi connectivity index (χ4n) is 3.20. The smallest absolute Gasteiger partial charge is 0.255 e. The normalized spacial score (nSPS) is 15.2. The van der Waals surface area contributed by atoms with E-state index in [1.807, 2.05) is 62.1 Å². The first-order valence-corrected chi connectivity index (χ1v) is 9.85. The van der Waals surface area contributed by atoms with E-state index in [9.17, 15) is 9.59 Å². The number of pyridine rings is 1. The van der Waals surface area contributed by atoms with E-state index in [2.05, 4.69) is 15.2 Å². The average molecular weight is 380 g/mol. The van der Waals surface area contributed by atoms with Gasteiger partial charge in [-0.2, -0.15) is 0 Å². The Balaban J connectivity index is 1.55. The Hall–Kier alpha value is -2.89. The van der Waals surface area contributed by atoms with Crippen LogP contribution in [0.15, 0.2) is 42.6 Å². The molecule has 0 saturated carbocycles. The SMILES string of the molecule is CCC(C)C(=O)N1CCN(c2ccc(NC(=O)c3ccc(C)cc3)cn2)CC1. The van der Waals surface area contributed by atoms with Crippen molar-refractivity contribution in [1.82, 2.24) is 9.88 Å². The average Bonchev–Trinajstić information content (AvgIpc) is 2.73. The molecule has 1 aliphatic rings. The van der Waals surface area contributed by atoms with E-state index in [0.29, 0.717) is 11.3 Å². The van der Waals surface area contributed by atoms with E-state index in [-0.39, 0.29) is 17.7 Å². The first-order chi connectivity index (χ1) is 13.5. The van der Waals surface area contributed by atoms with E-state index in [1.165, 1.54) is 0 Å². The number of aromatic nitrogens is 1. The number of carbonyl (C=O) groups is 2. The number of benzene rings is 1. The zero-order chi connectivity index (χ0) is 20.1. The molecule has 1 unspecified atom stereocenters. The molecule has 6 nitrogen and oxygen atoms in total. The molecule has 2 heterocycles. The largest absolute Gasteiger partial charge is 0.353 e. The number of piperazine rings is 1. The van der Waals surface area contributed by atoms with Crippen molar-refractivity contribution in [2.75, 3.05) is 36.4 Å². The summed E-state index contributed by atoms with van der Waals surface area (Å²) in [4.78, 5) is 33.2. The van der Waals surface area contributed by atoms with Crippen LogP contribution in [0.4, 0.5) is 11.5 Å². The zero-order valence-corrected chi connectivity index (χ0v) is 16.8. The van der Waals surface area contributed by atoms with Crippen molar-refractivity contribution in [3.8, 4) is 0 Å². The van der Waals surface area contributed by atoms with Gasteiger partial charge in [0.25, 0.3) is 5.91 Å². The summed E-state index contributed by atoms with van der Waals surface area (Å²) in [7, 11) is 0. The number of aryl methyl sites for hydroxylation is 1. The summed E-state index contributed by atoms with van der Waals surface area (Å²) in [5.74, 6) is 1.04. The molecule has 3 rings (SSSR count). The molecule has 1 N–H and O–H groups in total. The quantitative estimate of drug-likeness (QED) is 0.864. The van der Waals surface area contributed by atoms with Gasteiger partial charge in [-0.25, -0.2) is 4.98 Å². The molecule has 1 saturated heterocycles. The predicted octanol–water partition coefficient (Wildman–Crippen LogP) is 3.34. The summed E-state index contributed by atoms with van der Waals surface area (Å²) in [5, 5.41) is 2.88. The third-order valence-corrected chi connectivity index (χ3v) is 5.27. The van der Waals surface area contributed by atoms with Gasteiger partial charge in [0.2, 0.25) is 5.91 Å². The zero-order valence-electron chi connectivity index (χ0n) is 16.8. The van der Waals surface area contributed by atoms with Gasteiger partial charge in [0.1, 0.15) is 5.82 Å². The number of amides is 2. The minimum atomic E-state index is -0.147. The van der Waals surface area contributed by atoms with Crippen LogP contribution in [0.5, 0.6) is 0 Å². The topological polar surface area (TPSA) is 65.5 Å². The summed E-state index contributed by atoms with van der Waals surface area (Å²) in [6.07, 6.45) is 2.55. The maximum absolute atomic E-state index is 12.3. The Morgan fingerprint density at radius 2 is 1.75 bits per heavy atom. The summed E-state index contributed by atoms with van der Waals surface area (Å²) >= 11 is 0. The Kier molecular flexibility index (Phi) is 6.29. The van der Waals surface area contributed by atoms with Gasteiger partial charge >= 0.3 is 0 Å². The molecule has 1 aromatic carbocycles. The predicted molar refractivity (Wildman–Crippen MR) is 112 cm³/mol. The van der Waals surface area contributed by atoms with Gasteiger partial charge in [-0.3, -0.25) is 9.59 Å².